The first-order chi connectivity index (χ1) is 15.5. The highest BCUT2D eigenvalue weighted by Crippen LogP contribution is 2.29. The molecule has 168 valence electrons. The van der Waals surface area contributed by atoms with E-state index in [2.05, 4.69) is 9.80 Å². The highest BCUT2D eigenvalue weighted by Gasteiger charge is 2.24. The van der Waals surface area contributed by atoms with Crippen LogP contribution in [0.3, 0.4) is 0 Å². The maximum absolute atomic E-state index is 14.4. The van der Waals surface area contributed by atoms with Crippen LogP contribution in [0.5, 0.6) is 0 Å². The number of β-amino-alcohol motifs (C(OH)–C–C–N with tert-alkyl or cyclic N) is 1. The van der Waals surface area contributed by atoms with E-state index in [1.54, 1.807) is 6.07 Å². The summed E-state index contributed by atoms with van der Waals surface area (Å²) in [7, 11) is 0. The normalized spacial score (nSPS) is 15.7. The number of anilines is 1. The molecule has 2 heterocycles. The van der Waals surface area contributed by atoms with E-state index < -0.39 is 0 Å². The fourth-order valence-electron chi connectivity index (χ4n) is 4.17. The third-order valence-electron chi connectivity index (χ3n) is 6.16. The number of benzene rings is 2. The first-order valence-electron chi connectivity index (χ1n) is 11.4. The Morgan fingerprint density at radius 2 is 1.66 bits per heavy atom. The Labute approximate surface area is 189 Å². The molecule has 1 aromatic heterocycles. The second kappa shape index (κ2) is 10.2. The minimum absolute atomic E-state index is 0.205. The maximum Gasteiger partial charge on any atom is 0.161 e. The Kier molecular flexibility index (Phi) is 7.12. The number of hydrogen-bond acceptors (Lipinski definition) is 5. The van der Waals surface area contributed by atoms with E-state index in [1.165, 1.54) is 6.07 Å². The van der Waals surface area contributed by atoms with Gasteiger partial charge >= 0.3 is 0 Å². The van der Waals surface area contributed by atoms with E-state index in [0.29, 0.717) is 24.4 Å². The summed E-state index contributed by atoms with van der Waals surface area (Å²) in [5.41, 5.74) is 3.47. The van der Waals surface area contributed by atoms with Gasteiger partial charge in [-0.2, -0.15) is 0 Å². The van der Waals surface area contributed by atoms with Crippen LogP contribution in [0, 0.1) is 12.7 Å². The fraction of sp³-hybridized carbons (Fsp3) is 0.385. The summed E-state index contributed by atoms with van der Waals surface area (Å²) in [6.45, 7) is 8.04. The number of aliphatic hydroxyl groups excluding tert-OH is 1. The molecular weight excluding hydrogens is 403 g/mol. The van der Waals surface area contributed by atoms with Crippen LogP contribution in [0.15, 0.2) is 54.6 Å². The molecule has 1 saturated heterocycles. The van der Waals surface area contributed by atoms with Crippen molar-refractivity contribution >= 4 is 5.82 Å². The maximum atomic E-state index is 14.4. The quantitative estimate of drug-likeness (QED) is 0.607. The molecule has 1 N–H and O–H groups in total. The summed E-state index contributed by atoms with van der Waals surface area (Å²) in [5, 5.41) is 10.0. The summed E-state index contributed by atoms with van der Waals surface area (Å²) in [6.07, 6.45) is 0.931. The first-order valence-corrected chi connectivity index (χ1v) is 11.4. The van der Waals surface area contributed by atoms with Crippen LogP contribution < -0.4 is 4.90 Å². The number of aryl methyl sites for hydroxylation is 1. The molecule has 0 saturated carbocycles. The minimum atomic E-state index is -0.288. The molecule has 2 aromatic carbocycles. The number of aromatic nitrogens is 2. The van der Waals surface area contributed by atoms with Gasteiger partial charge in [-0.25, -0.2) is 14.4 Å². The number of aliphatic hydroxyl groups is 1. The first kappa shape index (κ1) is 22.4. The molecule has 0 radical (unpaired) electrons. The molecule has 1 aliphatic heterocycles. The van der Waals surface area contributed by atoms with Gasteiger partial charge < -0.3 is 10.0 Å². The fourth-order valence-corrected chi connectivity index (χ4v) is 4.17. The van der Waals surface area contributed by atoms with Gasteiger partial charge in [-0.05, 0) is 25.0 Å². The molecule has 4 rings (SSSR count). The van der Waals surface area contributed by atoms with Crippen molar-refractivity contribution in [2.24, 2.45) is 0 Å². The van der Waals surface area contributed by atoms with Crippen LogP contribution in [-0.4, -0.2) is 58.8 Å². The Hall–Kier alpha value is -2.83. The third-order valence-corrected chi connectivity index (χ3v) is 6.16. The van der Waals surface area contributed by atoms with Crippen LogP contribution in [0.4, 0.5) is 10.2 Å². The van der Waals surface area contributed by atoms with Crippen molar-refractivity contribution in [3.63, 3.8) is 0 Å². The lowest BCUT2D eigenvalue weighted by atomic mass is 10.0. The SMILES string of the molecule is CC[C@H](O)CN1CCN(c2nc(-c3ccccc3)nc(C)c2Cc2ccccc2F)CC1. The summed E-state index contributed by atoms with van der Waals surface area (Å²) < 4.78 is 14.4. The van der Waals surface area contributed by atoms with Gasteiger partial charge in [0.2, 0.25) is 0 Å². The molecule has 0 aliphatic carbocycles. The highest BCUT2D eigenvalue weighted by molar-refractivity contribution is 5.61. The van der Waals surface area contributed by atoms with Gasteiger partial charge in [0, 0.05) is 56.0 Å². The molecule has 0 bridgehead atoms. The average molecular weight is 435 g/mol. The zero-order valence-electron chi connectivity index (χ0n) is 18.8. The minimum Gasteiger partial charge on any atom is -0.392 e. The summed E-state index contributed by atoms with van der Waals surface area (Å²) in [6, 6.07) is 16.9. The number of hydrogen-bond donors (Lipinski definition) is 1. The molecule has 6 heteroatoms. The lowest BCUT2D eigenvalue weighted by Crippen LogP contribution is -2.49. The number of halogens is 1. The van der Waals surface area contributed by atoms with Crippen LogP contribution in [0.1, 0.15) is 30.2 Å². The Balaban J connectivity index is 1.66. The van der Waals surface area contributed by atoms with E-state index in [4.69, 9.17) is 9.97 Å². The van der Waals surface area contributed by atoms with E-state index >= 15 is 0 Å². The second-order valence-corrected chi connectivity index (χ2v) is 8.42. The van der Waals surface area contributed by atoms with Crippen molar-refractivity contribution in [1.82, 2.24) is 14.9 Å². The van der Waals surface area contributed by atoms with Crippen LogP contribution >= 0.6 is 0 Å². The van der Waals surface area contributed by atoms with Crippen LogP contribution in [0.25, 0.3) is 11.4 Å². The molecule has 32 heavy (non-hydrogen) atoms. The van der Waals surface area contributed by atoms with E-state index in [9.17, 15) is 9.50 Å². The van der Waals surface area contributed by atoms with Gasteiger partial charge in [-0.15, -0.1) is 0 Å². The second-order valence-electron chi connectivity index (χ2n) is 8.42. The predicted molar refractivity (Wildman–Crippen MR) is 126 cm³/mol. The molecule has 3 aromatic rings. The molecular formula is C26H31FN4O. The molecule has 1 aliphatic rings. The Bertz CT molecular complexity index is 1040. The van der Waals surface area contributed by atoms with Crippen molar-refractivity contribution in [2.45, 2.75) is 32.8 Å². The monoisotopic (exact) mass is 434 g/mol. The standard InChI is InChI=1S/C26H31FN4O/c1-3-22(32)18-30-13-15-31(16-14-30)26-23(17-21-11-7-8-12-24(21)27)19(2)28-25(29-26)20-9-5-4-6-10-20/h4-12,22,32H,3,13-18H2,1-2H3/t22-/m0/s1. The zero-order chi connectivity index (χ0) is 22.5. The van der Waals surface area contributed by atoms with Gasteiger partial charge in [-0.1, -0.05) is 55.5 Å². The molecule has 0 spiro atoms. The van der Waals surface area contributed by atoms with Crippen molar-refractivity contribution in [1.29, 1.82) is 0 Å². The van der Waals surface area contributed by atoms with Crippen LogP contribution in [0.2, 0.25) is 0 Å². The molecule has 1 fully saturated rings. The summed E-state index contributed by atoms with van der Waals surface area (Å²) in [5.74, 6) is 1.37. The molecule has 1 atom stereocenters. The van der Waals surface area contributed by atoms with Gasteiger partial charge in [0.25, 0.3) is 0 Å². The summed E-state index contributed by atoms with van der Waals surface area (Å²) >= 11 is 0. The number of nitrogens with zero attached hydrogens (tertiary/aromatic N) is 4. The highest BCUT2D eigenvalue weighted by atomic mass is 19.1. The van der Waals surface area contributed by atoms with Crippen molar-refractivity contribution < 1.29 is 9.50 Å². The van der Waals surface area contributed by atoms with Crippen molar-refractivity contribution in [3.8, 4) is 11.4 Å². The van der Waals surface area contributed by atoms with Gasteiger partial charge in [0.05, 0.1) is 6.10 Å². The smallest absolute Gasteiger partial charge is 0.161 e. The molecule has 0 amide bonds. The van der Waals surface area contributed by atoms with Gasteiger partial charge in [-0.3, -0.25) is 4.90 Å². The van der Waals surface area contributed by atoms with Gasteiger partial charge in [0.1, 0.15) is 11.6 Å². The number of rotatable bonds is 7. The average Bonchev–Trinajstić information content (AvgIpc) is 2.82. The van der Waals surface area contributed by atoms with Crippen molar-refractivity contribution in [3.05, 3.63) is 77.2 Å². The molecule has 5 nitrogen and oxygen atoms in total. The zero-order valence-corrected chi connectivity index (χ0v) is 18.8. The predicted octanol–water partition coefficient (Wildman–Crippen LogP) is 4.07. The topological polar surface area (TPSA) is 52.5 Å². The summed E-state index contributed by atoms with van der Waals surface area (Å²) in [4.78, 5) is 14.3. The van der Waals surface area contributed by atoms with Crippen LogP contribution in [-0.2, 0) is 6.42 Å². The van der Waals surface area contributed by atoms with Gasteiger partial charge in [0.15, 0.2) is 5.82 Å². The third kappa shape index (κ3) is 5.14. The van der Waals surface area contributed by atoms with E-state index in [0.717, 1.165) is 55.2 Å². The lowest BCUT2D eigenvalue weighted by Gasteiger charge is -2.37. The number of piperazine rings is 1. The lowest BCUT2D eigenvalue weighted by molar-refractivity contribution is 0.106. The Morgan fingerprint density at radius 1 is 0.969 bits per heavy atom. The van der Waals surface area contributed by atoms with Crippen molar-refractivity contribution in [2.75, 3.05) is 37.6 Å². The van der Waals surface area contributed by atoms with E-state index in [1.807, 2.05) is 56.3 Å². The Morgan fingerprint density at radius 3 is 2.34 bits per heavy atom. The van der Waals surface area contributed by atoms with E-state index in [-0.39, 0.29) is 11.9 Å². The largest absolute Gasteiger partial charge is 0.392 e. The molecule has 0 unspecified atom stereocenters.